The van der Waals surface area contributed by atoms with Crippen LogP contribution in [0.1, 0.15) is 70.0 Å². The number of hydrogen-bond donors (Lipinski definition) is 3. The summed E-state index contributed by atoms with van der Waals surface area (Å²) in [6.45, 7) is 1.77. The van der Waals surface area contributed by atoms with Gasteiger partial charge in [0.2, 0.25) is 5.91 Å². The Labute approximate surface area is 286 Å². The van der Waals surface area contributed by atoms with E-state index >= 15 is 0 Å². The number of rotatable bonds is 8. The summed E-state index contributed by atoms with van der Waals surface area (Å²) in [5.74, 6) is -1.67. The van der Waals surface area contributed by atoms with Crippen molar-refractivity contribution >= 4 is 28.9 Å². The maximum Gasteiger partial charge on any atom is 0.422 e. The lowest BCUT2D eigenvalue weighted by Gasteiger charge is -2.36. The normalized spacial score (nSPS) is 21.8. The van der Waals surface area contributed by atoms with Crippen molar-refractivity contribution in [2.75, 3.05) is 39.5 Å². The molecule has 3 aliphatic heterocycles. The Morgan fingerprint density at radius 1 is 1.02 bits per heavy atom. The predicted molar refractivity (Wildman–Crippen MR) is 170 cm³/mol. The van der Waals surface area contributed by atoms with Gasteiger partial charge >= 0.3 is 12.4 Å². The Bertz CT molecular complexity index is 1640. The molecule has 5 rings (SSSR count). The molecular weight excluding hydrogens is 697 g/mol. The van der Waals surface area contributed by atoms with Gasteiger partial charge in [0.25, 0.3) is 5.91 Å². The Kier molecular flexibility index (Phi) is 10.7. The molecule has 9 nitrogen and oxygen atoms in total. The van der Waals surface area contributed by atoms with Crippen LogP contribution in [0.2, 0.25) is 0 Å². The summed E-state index contributed by atoms with van der Waals surface area (Å²) >= 11 is 0. The molecule has 2 atom stereocenters. The van der Waals surface area contributed by atoms with E-state index in [0.717, 1.165) is 28.8 Å². The Morgan fingerprint density at radius 2 is 1.64 bits per heavy atom. The van der Waals surface area contributed by atoms with E-state index in [-0.39, 0.29) is 63.3 Å². The number of amides is 2. The third-order valence-corrected chi connectivity index (χ3v) is 10.7. The van der Waals surface area contributed by atoms with E-state index in [4.69, 9.17) is 0 Å². The number of nitrogens with zero attached hydrogens (tertiary/aromatic N) is 2. The fourth-order valence-electron chi connectivity index (χ4n) is 6.48. The highest BCUT2D eigenvalue weighted by molar-refractivity contribution is 7.85. The second kappa shape index (κ2) is 14.2. The number of ether oxygens (including phenoxy) is 1. The molecule has 0 saturated carbocycles. The van der Waals surface area contributed by atoms with Gasteiger partial charge in [-0.15, -0.1) is 0 Å². The van der Waals surface area contributed by atoms with Gasteiger partial charge in [-0.2, -0.15) is 26.3 Å². The maximum atomic E-state index is 13.7. The molecule has 0 radical (unpaired) electrons. The SMILES string of the molecule is Cc1cc(C(=O)N2CCC(O)(CF)CC2)cc(C)c1/C=C/S(=O)N1CCC2(CC1)NC(c1ccc(OCC(F)(F)F)c(C(F)(F)F)c1)NC2=O. The van der Waals surface area contributed by atoms with Gasteiger partial charge in [-0.05, 0) is 92.1 Å². The molecule has 3 aliphatic rings. The van der Waals surface area contributed by atoms with Crippen molar-refractivity contribution in [3.05, 3.63) is 69.1 Å². The standard InChI is InChI=1S/C33H37F7N4O5S/c1-20-15-23(28(45)43-10-6-30(47,18-34)7-11-43)16-21(2)24(20)5-14-50(48)44-12-8-31(9-13-44)29(46)41-27(42-31)22-3-4-26(49-19-32(35,36)37)25(17-22)33(38,39)40/h3-5,14-17,27,42,47H,6-13,18-19H2,1-2H3,(H,41,46)/b14-5+. The third kappa shape index (κ3) is 8.32. The molecule has 50 heavy (non-hydrogen) atoms. The van der Waals surface area contributed by atoms with Crippen molar-refractivity contribution < 1.29 is 54.4 Å². The van der Waals surface area contributed by atoms with E-state index in [1.54, 1.807) is 27.4 Å². The lowest BCUT2D eigenvalue weighted by atomic mass is 9.88. The van der Waals surface area contributed by atoms with Crippen LogP contribution in [0.5, 0.6) is 5.75 Å². The summed E-state index contributed by atoms with van der Waals surface area (Å²) < 4.78 is 111. The van der Waals surface area contributed by atoms with Gasteiger partial charge in [0.15, 0.2) is 6.61 Å². The first kappa shape index (κ1) is 37.7. The summed E-state index contributed by atoms with van der Waals surface area (Å²) in [6, 6.07) is 6.04. The quantitative estimate of drug-likeness (QED) is 0.327. The Morgan fingerprint density at radius 3 is 2.20 bits per heavy atom. The molecule has 3 fully saturated rings. The first-order chi connectivity index (χ1) is 23.3. The summed E-state index contributed by atoms with van der Waals surface area (Å²) in [5.41, 5.74) is -1.24. The molecule has 3 N–H and O–H groups in total. The smallest absolute Gasteiger partial charge is 0.422 e. The van der Waals surface area contributed by atoms with Gasteiger partial charge in [0, 0.05) is 37.2 Å². The van der Waals surface area contributed by atoms with Gasteiger partial charge in [-0.1, -0.05) is 6.07 Å². The molecule has 0 aliphatic carbocycles. The van der Waals surface area contributed by atoms with Crippen LogP contribution in [0.4, 0.5) is 30.7 Å². The van der Waals surface area contributed by atoms with Gasteiger partial charge < -0.3 is 20.1 Å². The molecule has 2 amide bonds. The average molecular weight is 735 g/mol. The average Bonchev–Trinajstić information content (AvgIpc) is 3.37. The molecule has 2 aromatic rings. The minimum Gasteiger partial charge on any atom is -0.483 e. The minimum atomic E-state index is -5.02. The molecule has 3 saturated heterocycles. The summed E-state index contributed by atoms with van der Waals surface area (Å²) in [6.07, 6.45) is -8.53. The first-order valence-corrected chi connectivity index (χ1v) is 17.0. The number of piperidine rings is 2. The lowest BCUT2D eigenvalue weighted by molar-refractivity contribution is -0.158. The monoisotopic (exact) mass is 734 g/mol. The number of nitrogens with one attached hydrogen (secondary N) is 2. The summed E-state index contributed by atoms with van der Waals surface area (Å²) in [4.78, 5) is 27.8. The van der Waals surface area contributed by atoms with Crippen molar-refractivity contribution in [2.24, 2.45) is 0 Å². The number of likely N-dealkylation sites (tertiary alicyclic amines) is 1. The van der Waals surface area contributed by atoms with Crippen LogP contribution in [0, 0.1) is 13.8 Å². The largest absolute Gasteiger partial charge is 0.483 e. The minimum absolute atomic E-state index is 0.0192. The Balaban J connectivity index is 1.20. The third-order valence-electron chi connectivity index (χ3n) is 9.42. The van der Waals surface area contributed by atoms with E-state index in [0.29, 0.717) is 11.6 Å². The predicted octanol–water partition coefficient (Wildman–Crippen LogP) is 5.09. The second-order valence-electron chi connectivity index (χ2n) is 13.0. The highest BCUT2D eigenvalue weighted by atomic mass is 32.2. The van der Waals surface area contributed by atoms with Gasteiger partial charge in [-0.25, -0.2) is 12.9 Å². The van der Waals surface area contributed by atoms with Crippen LogP contribution in [0.15, 0.2) is 35.7 Å². The number of hydrogen-bond acceptors (Lipinski definition) is 6. The maximum absolute atomic E-state index is 13.7. The van der Waals surface area contributed by atoms with Crippen LogP contribution in [-0.2, 0) is 22.0 Å². The van der Waals surface area contributed by atoms with Crippen molar-refractivity contribution in [3.63, 3.8) is 0 Å². The van der Waals surface area contributed by atoms with Crippen molar-refractivity contribution in [1.82, 2.24) is 19.8 Å². The number of aliphatic hydroxyl groups is 1. The van der Waals surface area contributed by atoms with Crippen molar-refractivity contribution in [2.45, 2.75) is 69.2 Å². The van der Waals surface area contributed by atoms with E-state index in [9.17, 15) is 49.6 Å². The number of carbonyl (C=O) groups excluding carboxylic acids is 2. The van der Waals surface area contributed by atoms with Crippen molar-refractivity contribution in [1.29, 1.82) is 0 Å². The van der Waals surface area contributed by atoms with E-state index in [1.165, 1.54) is 5.41 Å². The lowest BCUT2D eigenvalue weighted by Crippen LogP contribution is -2.54. The molecule has 0 bridgehead atoms. The van der Waals surface area contributed by atoms with Crippen LogP contribution < -0.4 is 15.4 Å². The van der Waals surface area contributed by atoms with Gasteiger partial charge in [-0.3, -0.25) is 14.9 Å². The molecule has 3 heterocycles. The summed E-state index contributed by atoms with van der Waals surface area (Å²) in [5, 5.41) is 17.3. The van der Waals surface area contributed by atoms with Crippen LogP contribution in [-0.4, -0.2) is 87.1 Å². The van der Waals surface area contributed by atoms with Crippen LogP contribution in [0.3, 0.4) is 0 Å². The molecule has 17 heteroatoms. The van der Waals surface area contributed by atoms with Crippen LogP contribution >= 0.6 is 0 Å². The van der Waals surface area contributed by atoms with E-state index in [1.807, 2.05) is 13.8 Å². The number of benzene rings is 2. The van der Waals surface area contributed by atoms with Crippen molar-refractivity contribution in [3.8, 4) is 5.75 Å². The van der Waals surface area contributed by atoms with E-state index in [2.05, 4.69) is 15.4 Å². The molecule has 274 valence electrons. The zero-order valence-corrected chi connectivity index (χ0v) is 28.0. The molecule has 2 aromatic carbocycles. The number of alkyl halides is 7. The zero-order valence-electron chi connectivity index (χ0n) is 27.2. The molecule has 2 unspecified atom stereocenters. The highest BCUT2D eigenvalue weighted by Gasteiger charge is 2.49. The molecule has 1 spiro atoms. The fraction of sp³-hybridized carbons (Fsp3) is 0.515. The molecular formula is C33H37F7N4O5S. The number of aryl methyl sites for hydroxylation is 2. The van der Waals surface area contributed by atoms with Gasteiger partial charge in [0.05, 0.1) is 11.2 Å². The fourth-order valence-corrected chi connectivity index (χ4v) is 7.45. The highest BCUT2D eigenvalue weighted by Crippen LogP contribution is 2.40. The molecule has 0 aromatic heterocycles. The second-order valence-corrected chi connectivity index (χ2v) is 14.3. The number of halogens is 7. The zero-order chi connectivity index (χ0) is 36.6. The first-order valence-electron chi connectivity index (χ1n) is 15.9. The number of carbonyl (C=O) groups is 2. The van der Waals surface area contributed by atoms with Crippen LogP contribution in [0.25, 0.3) is 6.08 Å². The topological polar surface area (TPSA) is 111 Å². The van der Waals surface area contributed by atoms with Gasteiger partial charge in [0.1, 0.15) is 35.1 Å². The summed E-state index contributed by atoms with van der Waals surface area (Å²) in [7, 11) is -1.60. The van der Waals surface area contributed by atoms with E-state index < -0.39 is 71.1 Å². The Hall–Kier alpha value is -3.54.